The number of fused-ring (bicyclic) bond motifs is 1. The number of nitrogens with one attached hydrogen (secondary N) is 2. The monoisotopic (exact) mass is 383 g/mol. The van der Waals surface area contributed by atoms with Gasteiger partial charge in [-0.3, -0.25) is 19.3 Å². The summed E-state index contributed by atoms with van der Waals surface area (Å²) >= 11 is 0. The lowest BCUT2D eigenvalue weighted by Gasteiger charge is -2.06. The molecule has 0 saturated heterocycles. The Kier molecular flexibility index (Phi) is 7.10. The number of hydrogen-bond acceptors (Lipinski definition) is 7. The van der Waals surface area contributed by atoms with Gasteiger partial charge in [-0.25, -0.2) is 8.42 Å². The van der Waals surface area contributed by atoms with Crippen molar-refractivity contribution < 1.29 is 27.5 Å². The second-order valence-electron chi connectivity index (χ2n) is 5.44. The highest BCUT2D eigenvalue weighted by Crippen LogP contribution is 2.22. The molecule has 0 fully saturated rings. The molecule has 2 rings (SSSR count). The number of sulfonamides is 1. The van der Waals surface area contributed by atoms with Gasteiger partial charge in [0, 0.05) is 25.8 Å². The molecule has 142 valence electrons. The Morgan fingerprint density at radius 2 is 2.04 bits per heavy atom. The fourth-order valence-corrected chi connectivity index (χ4v) is 3.47. The number of nitrogens with zero attached hydrogens (tertiary/aromatic N) is 1. The second kappa shape index (κ2) is 9.30. The van der Waals surface area contributed by atoms with Gasteiger partial charge in [0.2, 0.25) is 0 Å². The molecule has 0 atom stereocenters. The van der Waals surface area contributed by atoms with Crippen LogP contribution < -0.4 is 10.0 Å². The topological polar surface area (TPSA) is 123 Å². The van der Waals surface area contributed by atoms with Crippen LogP contribution >= 0.6 is 0 Å². The van der Waals surface area contributed by atoms with Gasteiger partial charge in [-0.2, -0.15) is 0 Å². The highest BCUT2D eigenvalue weighted by Gasteiger charge is 2.29. The van der Waals surface area contributed by atoms with Crippen LogP contribution in [0.5, 0.6) is 0 Å². The van der Waals surface area contributed by atoms with E-state index in [9.17, 15) is 18.0 Å². The van der Waals surface area contributed by atoms with Crippen molar-refractivity contribution in [2.45, 2.75) is 17.7 Å². The molecule has 1 aromatic carbocycles. The van der Waals surface area contributed by atoms with E-state index < -0.39 is 21.9 Å². The van der Waals surface area contributed by atoms with Gasteiger partial charge in [0.15, 0.2) is 6.61 Å². The molecule has 0 bridgehead atoms. The third kappa shape index (κ3) is 5.53. The van der Waals surface area contributed by atoms with E-state index in [-0.39, 0.29) is 30.3 Å². The van der Waals surface area contributed by atoms with Crippen molar-refractivity contribution in [3.63, 3.8) is 0 Å². The van der Waals surface area contributed by atoms with Crippen LogP contribution in [0.3, 0.4) is 0 Å². The molecule has 0 radical (unpaired) electrons. The molecule has 1 heterocycles. The first kappa shape index (κ1) is 19.9. The fourth-order valence-electron chi connectivity index (χ4n) is 2.22. The third-order valence-corrected chi connectivity index (χ3v) is 4.86. The molecule has 0 spiro atoms. The van der Waals surface area contributed by atoms with Gasteiger partial charge >= 0.3 is 5.97 Å². The first-order chi connectivity index (χ1) is 12.4. The zero-order valence-electron chi connectivity index (χ0n) is 14.4. The molecule has 0 unspecified atom stereocenters. The predicted octanol–water partition coefficient (Wildman–Crippen LogP) is -0.189. The summed E-state index contributed by atoms with van der Waals surface area (Å²) in [6.07, 6.45) is 0.607. The largest absolute Gasteiger partial charge is 0.456 e. The van der Waals surface area contributed by atoms with E-state index in [0.29, 0.717) is 25.1 Å². The zero-order chi connectivity index (χ0) is 19.0. The number of amidine groups is 1. The van der Waals surface area contributed by atoms with Crippen LogP contribution in [0.25, 0.3) is 0 Å². The number of benzene rings is 1. The number of rotatable bonds is 9. The van der Waals surface area contributed by atoms with E-state index in [2.05, 4.69) is 15.0 Å². The molecule has 1 aliphatic rings. The minimum Gasteiger partial charge on any atom is -0.456 e. The van der Waals surface area contributed by atoms with Crippen molar-refractivity contribution in [3.8, 4) is 0 Å². The van der Waals surface area contributed by atoms with Crippen molar-refractivity contribution in [1.29, 1.82) is 0 Å². The van der Waals surface area contributed by atoms with Crippen molar-refractivity contribution in [2.75, 3.05) is 33.4 Å². The van der Waals surface area contributed by atoms with E-state index in [0.717, 1.165) is 0 Å². The quantitative estimate of drug-likeness (QED) is 0.450. The van der Waals surface area contributed by atoms with Crippen molar-refractivity contribution in [1.82, 2.24) is 10.0 Å². The molecule has 1 amide bonds. The summed E-state index contributed by atoms with van der Waals surface area (Å²) in [6, 6.07) is 6.45. The van der Waals surface area contributed by atoms with Crippen LogP contribution in [0.4, 0.5) is 0 Å². The van der Waals surface area contributed by atoms with Gasteiger partial charge in [0.25, 0.3) is 15.9 Å². The number of methoxy groups -OCH3 is 1. The molecule has 1 aromatic rings. The van der Waals surface area contributed by atoms with Gasteiger partial charge < -0.3 is 14.8 Å². The van der Waals surface area contributed by atoms with Gasteiger partial charge in [0.05, 0.1) is 17.9 Å². The molecule has 0 aromatic heterocycles. The van der Waals surface area contributed by atoms with E-state index >= 15 is 0 Å². The highest BCUT2D eigenvalue weighted by molar-refractivity contribution is 7.90. The van der Waals surface area contributed by atoms with Crippen molar-refractivity contribution >= 4 is 27.7 Å². The van der Waals surface area contributed by atoms with Gasteiger partial charge in [-0.05, 0) is 18.6 Å². The normalized spacial score (nSPS) is 16.0. The van der Waals surface area contributed by atoms with E-state index in [4.69, 9.17) is 9.47 Å². The maximum Gasteiger partial charge on any atom is 0.308 e. The highest BCUT2D eigenvalue weighted by atomic mass is 32.2. The molecule has 1 aliphatic heterocycles. The summed E-state index contributed by atoms with van der Waals surface area (Å²) in [5, 5.41) is 2.59. The smallest absolute Gasteiger partial charge is 0.308 e. The fraction of sp³-hybridized carbons (Fsp3) is 0.438. The average molecular weight is 383 g/mol. The second-order valence-corrected chi connectivity index (χ2v) is 7.09. The summed E-state index contributed by atoms with van der Waals surface area (Å²) in [5.41, 5.74) is 0.469. The Bertz CT molecular complexity index is 791. The SMILES string of the molecule is COCCCNC(=O)COC(=O)CCN=C1NS(=O)(=O)c2ccccc21. The Morgan fingerprint density at radius 3 is 2.81 bits per heavy atom. The molecular weight excluding hydrogens is 362 g/mol. The Morgan fingerprint density at radius 1 is 1.27 bits per heavy atom. The van der Waals surface area contributed by atoms with Gasteiger partial charge in [-0.1, -0.05) is 12.1 Å². The van der Waals surface area contributed by atoms with Crippen LogP contribution in [-0.2, 0) is 29.1 Å². The van der Waals surface area contributed by atoms with Crippen molar-refractivity contribution in [3.05, 3.63) is 29.8 Å². The van der Waals surface area contributed by atoms with E-state index in [1.54, 1.807) is 25.3 Å². The lowest BCUT2D eigenvalue weighted by Crippen LogP contribution is -2.30. The van der Waals surface area contributed by atoms with E-state index in [1.165, 1.54) is 6.07 Å². The Hall–Kier alpha value is -2.46. The Balaban J connectivity index is 1.75. The first-order valence-electron chi connectivity index (χ1n) is 8.02. The molecule has 9 nitrogen and oxygen atoms in total. The number of amides is 1. The number of carbonyl (C=O) groups excluding carboxylic acids is 2. The van der Waals surface area contributed by atoms with E-state index in [1.807, 2.05) is 0 Å². The standard InChI is InChI=1S/C16H21N3O6S/c1-24-10-4-8-17-14(20)11-25-15(21)7-9-18-16-12-5-2-3-6-13(12)26(22,23)19-16/h2-3,5-6H,4,7-11H2,1H3,(H,17,20)(H,18,19). The number of aliphatic imine (C=N–C) groups is 1. The van der Waals surface area contributed by atoms with Crippen LogP contribution in [0.2, 0.25) is 0 Å². The third-order valence-electron chi connectivity index (χ3n) is 3.46. The van der Waals surface area contributed by atoms with Crippen LogP contribution in [0.1, 0.15) is 18.4 Å². The lowest BCUT2D eigenvalue weighted by atomic mass is 10.2. The maximum absolute atomic E-state index is 11.9. The summed E-state index contributed by atoms with van der Waals surface area (Å²) in [6.45, 7) is 0.656. The van der Waals surface area contributed by atoms with Crippen LogP contribution in [-0.4, -0.2) is 59.5 Å². The van der Waals surface area contributed by atoms with Gasteiger partial charge in [0.1, 0.15) is 5.84 Å². The Labute approximate surface area is 151 Å². The minimum atomic E-state index is -3.60. The summed E-state index contributed by atoms with van der Waals surface area (Å²) in [4.78, 5) is 27.4. The minimum absolute atomic E-state index is 0.0421. The van der Waals surface area contributed by atoms with Crippen molar-refractivity contribution in [2.24, 2.45) is 4.99 Å². The zero-order valence-corrected chi connectivity index (χ0v) is 15.2. The number of ether oxygens (including phenoxy) is 2. The molecule has 10 heteroatoms. The number of carbonyl (C=O) groups is 2. The average Bonchev–Trinajstić information content (AvgIpc) is 2.88. The molecule has 0 saturated carbocycles. The summed E-state index contributed by atoms with van der Waals surface area (Å²) in [5.74, 6) is -0.780. The van der Waals surface area contributed by atoms with Gasteiger partial charge in [-0.15, -0.1) is 0 Å². The lowest BCUT2D eigenvalue weighted by molar-refractivity contribution is -0.148. The first-order valence-corrected chi connectivity index (χ1v) is 9.50. The number of hydrogen-bond donors (Lipinski definition) is 2. The predicted molar refractivity (Wildman–Crippen MR) is 93.2 cm³/mol. The summed E-state index contributed by atoms with van der Waals surface area (Å²) < 4.78 is 35.9. The van der Waals surface area contributed by atoms with Crippen LogP contribution in [0, 0.1) is 0 Å². The number of esters is 1. The molecule has 2 N–H and O–H groups in total. The maximum atomic E-state index is 11.9. The molecule has 26 heavy (non-hydrogen) atoms. The van der Waals surface area contributed by atoms with Crippen LogP contribution in [0.15, 0.2) is 34.2 Å². The summed E-state index contributed by atoms with van der Waals surface area (Å²) in [7, 11) is -2.03. The molecule has 0 aliphatic carbocycles. The molecular formula is C16H21N3O6S.